The number of ether oxygens (including phenoxy) is 2. The number of hydrogen-bond donors (Lipinski definition) is 2. The van der Waals surface area contributed by atoms with Gasteiger partial charge in [-0.2, -0.15) is 0 Å². The van der Waals surface area contributed by atoms with Crippen LogP contribution in [0, 0.1) is 17.8 Å². The van der Waals surface area contributed by atoms with E-state index in [2.05, 4.69) is 10.2 Å². The largest absolute Gasteiger partial charge is 0.379 e. The Labute approximate surface area is 131 Å². The van der Waals surface area contributed by atoms with E-state index in [-0.39, 0.29) is 17.4 Å². The Hall–Kier alpha value is -0.690. The Morgan fingerprint density at radius 2 is 2.00 bits per heavy atom. The molecule has 6 heteroatoms. The third kappa shape index (κ3) is 2.56. The van der Waals surface area contributed by atoms with E-state index in [1.165, 1.54) is 6.42 Å². The lowest BCUT2D eigenvalue weighted by Gasteiger charge is -2.36. The molecule has 1 aliphatic carbocycles. The topological polar surface area (TPSA) is 76.8 Å². The normalized spacial score (nSPS) is 46.0. The SMILES string of the molecule is NC(=O)C1CCNC2(C1)CC2[C@H]1COC[C@H]1N1CCOCC1. The number of nitrogens with zero attached hydrogens (tertiary/aromatic N) is 1. The Kier molecular flexibility index (Phi) is 3.88. The summed E-state index contributed by atoms with van der Waals surface area (Å²) in [6, 6.07) is 0.518. The molecule has 1 amide bonds. The molecular weight excluding hydrogens is 282 g/mol. The third-order valence-corrected chi connectivity index (χ3v) is 6.24. The standard InChI is InChI=1S/C16H27N3O3/c17-15(20)11-1-2-18-16(7-11)8-13(16)12-9-22-10-14(12)19-3-5-21-6-4-19/h11-14,18H,1-10H2,(H2,17,20)/t11?,12-,13?,14-,16?/m1/s1. The van der Waals surface area contributed by atoms with Crippen molar-refractivity contribution in [2.24, 2.45) is 23.5 Å². The predicted octanol–water partition coefficient (Wildman–Crippen LogP) is -0.423. The molecule has 1 saturated carbocycles. The quantitative estimate of drug-likeness (QED) is 0.740. The minimum absolute atomic E-state index is 0.0513. The molecule has 4 aliphatic rings. The minimum Gasteiger partial charge on any atom is -0.379 e. The summed E-state index contributed by atoms with van der Waals surface area (Å²) >= 11 is 0. The molecule has 0 radical (unpaired) electrons. The van der Waals surface area contributed by atoms with Gasteiger partial charge in [0, 0.05) is 36.5 Å². The fourth-order valence-corrected chi connectivity index (χ4v) is 4.91. The van der Waals surface area contributed by atoms with Gasteiger partial charge in [-0.1, -0.05) is 0 Å². The molecule has 0 aromatic heterocycles. The van der Waals surface area contributed by atoms with Gasteiger partial charge in [0.2, 0.25) is 5.91 Å². The molecule has 3 aliphatic heterocycles. The molecule has 4 rings (SSSR count). The molecule has 3 saturated heterocycles. The second kappa shape index (κ2) is 5.74. The number of carbonyl (C=O) groups excluding carboxylic acids is 1. The molecule has 3 heterocycles. The van der Waals surface area contributed by atoms with Gasteiger partial charge in [-0.3, -0.25) is 9.69 Å². The van der Waals surface area contributed by atoms with E-state index in [1.807, 2.05) is 0 Å². The van der Waals surface area contributed by atoms with Crippen LogP contribution >= 0.6 is 0 Å². The fraction of sp³-hybridized carbons (Fsp3) is 0.938. The van der Waals surface area contributed by atoms with E-state index >= 15 is 0 Å². The first kappa shape index (κ1) is 14.9. The monoisotopic (exact) mass is 309 g/mol. The van der Waals surface area contributed by atoms with Crippen LogP contribution in [0.15, 0.2) is 0 Å². The van der Waals surface area contributed by atoms with Crippen molar-refractivity contribution in [3.8, 4) is 0 Å². The van der Waals surface area contributed by atoms with Crippen LogP contribution in [0.4, 0.5) is 0 Å². The summed E-state index contributed by atoms with van der Waals surface area (Å²) in [6.07, 6.45) is 2.98. The zero-order valence-electron chi connectivity index (χ0n) is 13.1. The van der Waals surface area contributed by atoms with Crippen molar-refractivity contribution in [3.63, 3.8) is 0 Å². The van der Waals surface area contributed by atoms with Crippen LogP contribution in [0.25, 0.3) is 0 Å². The number of rotatable bonds is 3. The molecule has 5 atom stereocenters. The Morgan fingerprint density at radius 3 is 2.77 bits per heavy atom. The number of primary amides is 1. The molecule has 22 heavy (non-hydrogen) atoms. The van der Waals surface area contributed by atoms with Crippen molar-refractivity contribution >= 4 is 5.91 Å². The number of nitrogens with one attached hydrogen (secondary N) is 1. The number of morpholine rings is 1. The lowest BCUT2D eigenvalue weighted by molar-refractivity contribution is -0.123. The van der Waals surface area contributed by atoms with Crippen molar-refractivity contribution in [2.75, 3.05) is 46.1 Å². The number of hydrogen-bond acceptors (Lipinski definition) is 5. The van der Waals surface area contributed by atoms with Crippen LogP contribution in [-0.2, 0) is 14.3 Å². The van der Waals surface area contributed by atoms with Crippen LogP contribution < -0.4 is 11.1 Å². The third-order valence-electron chi connectivity index (χ3n) is 6.24. The highest BCUT2D eigenvalue weighted by molar-refractivity contribution is 5.77. The summed E-state index contributed by atoms with van der Waals surface area (Å²) < 4.78 is 11.3. The van der Waals surface area contributed by atoms with Gasteiger partial charge in [0.1, 0.15) is 0 Å². The molecular formula is C16H27N3O3. The number of carbonyl (C=O) groups is 1. The van der Waals surface area contributed by atoms with Gasteiger partial charge in [-0.25, -0.2) is 0 Å². The van der Waals surface area contributed by atoms with Gasteiger partial charge in [0.15, 0.2) is 0 Å². The molecule has 0 aromatic rings. The van der Waals surface area contributed by atoms with Gasteiger partial charge >= 0.3 is 0 Å². The van der Waals surface area contributed by atoms with Crippen LogP contribution in [0.2, 0.25) is 0 Å². The van der Waals surface area contributed by atoms with E-state index < -0.39 is 0 Å². The molecule has 3 N–H and O–H groups in total. The molecule has 6 nitrogen and oxygen atoms in total. The average Bonchev–Trinajstić information content (AvgIpc) is 3.00. The minimum atomic E-state index is -0.126. The van der Waals surface area contributed by atoms with Gasteiger partial charge in [-0.15, -0.1) is 0 Å². The second-order valence-electron chi connectivity index (χ2n) is 7.40. The molecule has 0 aromatic carbocycles. The number of piperidine rings is 1. The predicted molar refractivity (Wildman–Crippen MR) is 81.2 cm³/mol. The molecule has 1 spiro atoms. The molecule has 4 fully saturated rings. The highest BCUT2D eigenvalue weighted by Gasteiger charge is 2.61. The highest BCUT2D eigenvalue weighted by Crippen LogP contribution is 2.56. The van der Waals surface area contributed by atoms with E-state index in [0.717, 1.165) is 58.9 Å². The zero-order valence-corrected chi connectivity index (χ0v) is 13.1. The summed E-state index contributed by atoms with van der Waals surface area (Å²) in [7, 11) is 0. The van der Waals surface area contributed by atoms with Crippen molar-refractivity contribution < 1.29 is 14.3 Å². The lowest BCUT2D eigenvalue weighted by atomic mass is 9.85. The maximum atomic E-state index is 11.6. The fourth-order valence-electron chi connectivity index (χ4n) is 4.91. The van der Waals surface area contributed by atoms with Crippen LogP contribution in [0.5, 0.6) is 0 Å². The summed E-state index contributed by atoms with van der Waals surface area (Å²) in [5.41, 5.74) is 5.70. The maximum absolute atomic E-state index is 11.6. The highest BCUT2D eigenvalue weighted by atomic mass is 16.5. The van der Waals surface area contributed by atoms with Crippen molar-refractivity contribution in [2.45, 2.75) is 30.8 Å². The van der Waals surface area contributed by atoms with E-state index in [9.17, 15) is 4.79 Å². The first-order chi connectivity index (χ1) is 10.7. The van der Waals surface area contributed by atoms with Gasteiger partial charge in [-0.05, 0) is 31.7 Å². The second-order valence-corrected chi connectivity index (χ2v) is 7.40. The van der Waals surface area contributed by atoms with E-state index in [1.54, 1.807) is 0 Å². The van der Waals surface area contributed by atoms with Gasteiger partial charge < -0.3 is 20.5 Å². The van der Waals surface area contributed by atoms with Crippen molar-refractivity contribution in [1.82, 2.24) is 10.2 Å². The summed E-state index contributed by atoms with van der Waals surface area (Å²) in [6.45, 7) is 6.32. The first-order valence-corrected chi connectivity index (χ1v) is 8.63. The maximum Gasteiger partial charge on any atom is 0.220 e. The van der Waals surface area contributed by atoms with Crippen LogP contribution in [0.1, 0.15) is 19.3 Å². The number of nitrogens with two attached hydrogens (primary N) is 1. The van der Waals surface area contributed by atoms with Crippen LogP contribution in [-0.4, -0.2) is 68.4 Å². The van der Waals surface area contributed by atoms with Crippen molar-refractivity contribution in [3.05, 3.63) is 0 Å². The van der Waals surface area contributed by atoms with Crippen LogP contribution in [0.3, 0.4) is 0 Å². The van der Waals surface area contributed by atoms with Crippen molar-refractivity contribution in [1.29, 1.82) is 0 Å². The Balaban J connectivity index is 1.43. The molecule has 3 unspecified atom stereocenters. The Morgan fingerprint density at radius 1 is 1.18 bits per heavy atom. The lowest BCUT2D eigenvalue weighted by Crippen LogP contribution is -2.50. The summed E-state index contributed by atoms with van der Waals surface area (Å²) in [5, 5.41) is 3.70. The van der Waals surface area contributed by atoms with Gasteiger partial charge in [0.05, 0.1) is 26.4 Å². The van der Waals surface area contributed by atoms with E-state index in [0.29, 0.717) is 17.9 Å². The summed E-state index contributed by atoms with van der Waals surface area (Å²) in [5.74, 6) is 1.14. The smallest absolute Gasteiger partial charge is 0.220 e. The molecule has 0 bridgehead atoms. The Bertz CT molecular complexity index is 440. The zero-order chi connectivity index (χ0) is 15.2. The first-order valence-electron chi connectivity index (χ1n) is 8.63. The average molecular weight is 309 g/mol. The van der Waals surface area contributed by atoms with Gasteiger partial charge in [0.25, 0.3) is 0 Å². The molecule has 124 valence electrons. The summed E-state index contributed by atoms with van der Waals surface area (Å²) in [4.78, 5) is 14.1. The number of amides is 1. The van der Waals surface area contributed by atoms with E-state index in [4.69, 9.17) is 15.2 Å².